The molecule has 0 aromatic heterocycles. The summed E-state index contributed by atoms with van der Waals surface area (Å²) in [6.45, 7) is 12.0. The second-order valence-electron chi connectivity index (χ2n) is 4.47. The van der Waals surface area contributed by atoms with E-state index in [0.717, 1.165) is 52.4 Å². The van der Waals surface area contributed by atoms with Crippen molar-refractivity contribution in [3.8, 4) is 0 Å². The van der Waals surface area contributed by atoms with Gasteiger partial charge in [0.15, 0.2) is 0 Å². The number of nitrogens with two attached hydrogens (primary N) is 1. The Morgan fingerprint density at radius 3 is 1.95 bits per heavy atom. The molecule has 1 rings (SSSR count). The smallest absolute Gasteiger partial charge is 0.236 e. The van der Waals surface area contributed by atoms with Crippen LogP contribution in [0, 0.1) is 0 Å². The summed E-state index contributed by atoms with van der Waals surface area (Å²) < 4.78 is 0. The maximum atomic E-state index is 11.9. The number of nitrogens with zero attached hydrogens (tertiary/aromatic N) is 3. The first-order valence-corrected chi connectivity index (χ1v) is 6.63. The molecule has 1 fully saturated rings. The summed E-state index contributed by atoms with van der Waals surface area (Å²) in [4.78, 5) is 18.4. The van der Waals surface area contributed by atoms with Crippen molar-refractivity contribution in [3.63, 3.8) is 0 Å². The third kappa shape index (κ3) is 7.32. The van der Waals surface area contributed by atoms with Crippen LogP contribution in [0.1, 0.15) is 13.8 Å². The lowest BCUT2D eigenvalue weighted by Gasteiger charge is -2.34. The van der Waals surface area contributed by atoms with Gasteiger partial charge in [-0.15, -0.1) is 24.8 Å². The van der Waals surface area contributed by atoms with E-state index in [1.807, 2.05) is 18.7 Å². The number of carbonyl (C=O) groups excluding carboxylic acids is 1. The van der Waals surface area contributed by atoms with Crippen molar-refractivity contribution in [1.82, 2.24) is 14.7 Å². The normalized spacial score (nSPS) is 16.4. The van der Waals surface area contributed by atoms with Crippen LogP contribution in [-0.4, -0.2) is 79.5 Å². The molecule has 0 atom stereocenters. The predicted molar refractivity (Wildman–Crippen MR) is 84.4 cm³/mol. The predicted octanol–water partition coefficient (Wildman–Crippen LogP) is 0.275. The van der Waals surface area contributed by atoms with E-state index < -0.39 is 0 Å². The molecule has 0 bridgehead atoms. The largest absolute Gasteiger partial charge is 0.342 e. The van der Waals surface area contributed by atoms with Crippen LogP contribution in [0.5, 0.6) is 0 Å². The molecule has 1 heterocycles. The molecule has 0 aromatic carbocycles. The Kier molecular flexibility index (Phi) is 13.1. The highest BCUT2D eigenvalue weighted by Gasteiger charge is 2.19. The third-order valence-electron chi connectivity index (χ3n) is 3.39. The molecule has 0 saturated carbocycles. The Morgan fingerprint density at radius 2 is 1.53 bits per heavy atom. The average molecular weight is 315 g/mol. The lowest BCUT2D eigenvalue weighted by molar-refractivity contribution is -0.132. The van der Waals surface area contributed by atoms with Crippen LogP contribution in [0.15, 0.2) is 0 Å². The fourth-order valence-electron chi connectivity index (χ4n) is 2.22. The summed E-state index contributed by atoms with van der Waals surface area (Å²) in [5.74, 6) is 0.252. The van der Waals surface area contributed by atoms with E-state index in [0.29, 0.717) is 6.54 Å². The molecule has 1 saturated heterocycles. The molecule has 19 heavy (non-hydrogen) atoms. The van der Waals surface area contributed by atoms with E-state index in [1.165, 1.54) is 0 Å². The molecule has 1 aliphatic heterocycles. The van der Waals surface area contributed by atoms with Crippen molar-refractivity contribution < 1.29 is 4.79 Å². The number of likely N-dealkylation sites (N-methyl/N-ethyl adjacent to an activating group) is 1. The Hall–Kier alpha value is -0.0700. The van der Waals surface area contributed by atoms with Crippen LogP contribution >= 0.6 is 24.8 Å². The van der Waals surface area contributed by atoms with Gasteiger partial charge in [-0.2, -0.15) is 0 Å². The van der Waals surface area contributed by atoms with Crippen molar-refractivity contribution in [2.45, 2.75) is 13.8 Å². The van der Waals surface area contributed by atoms with Crippen molar-refractivity contribution >= 4 is 30.7 Å². The zero-order valence-electron chi connectivity index (χ0n) is 12.0. The Balaban J connectivity index is 0. The quantitative estimate of drug-likeness (QED) is 0.765. The van der Waals surface area contributed by atoms with E-state index in [4.69, 9.17) is 5.73 Å². The standard InChI is InChI=1S/C12H26N4O.2ClH/c1-3-16(4-2)12(17)11-15-9-7-14(6-5-13)8-10-15;;/h3-11,13H2,1-2H3;2*1H. The van der Waals surface area contributed by atoms with Crippen molar-refractivity contribution in [2.24, 2.45) is 5.73 Å². The minimum atomic E-state index is 0. The number of carbonyl (C=O) groups is 1. The fourth-order valence-corrected chi connectivity index (χ4v) is 2.22. The molecule has 1 aliphatic rings. The first-order valence-electron chi connectivity index (χ1n) is 6.63. The van der Waals surface area contributed by atoms with Gasteiger partial charge in [0.05, 0.1) is 6.54 Å². The lowest BCUT2D eigenvalue weighted by atomic mass is 10.3. The van der Waals surface area contributed by atoms with E-state index in [2.05, 4.69) is 9.80 Å². The van der Waals surface area contributed by atoms with Crippen molar-refractivity contribution in [3.05, 3.63) is 0 Å². The highest BCUT2D eigenvalue weighted by atomic mass is 35.5. The number of rotatable bonds is 6. The molecule has 0 radical (unpaired) electrons. The summed E-state index contributed by atoms with van der Waals surface area (Å²) in [5, 5.41) is 0. The van der Waals surface area contributed by atoms with Gasteiger partial charge in [-0.25, -0.2) is 0 Å². The molecule has 116 valence electrons. The van der Waals surface area contributed by atoms with Gasteiger partial charge >= 0.3 is 0 Å². The molecule has 5 nitrogen and oxygen atoms in total. The third-order valence-corrected chi connectivity index (χ3v) is 3.39. The number of amides is 1. The Bertz CT molecular complexity index is 232. The van der Waals surface area contributed by atoms with Crippen LogP contribution in [0.2, 0.25) is 0 Å². The van der Waals surface area contributed by atoms with Crippen LogP contribution in [0.4, 0.5) is 0 Å². The monoisotopic (exact) mass is 314 g/mol. The van der Waals surface area contributed by atoms with Crippen LogP contribution in [-0.2, 0) is 4.79 Å². The molecule has 7 heteroatoms. The first-order chi connectivity index (χ1) is 8.21. The van der Waals surface area contributed by atoms with Gasteiger partial charge in [0.1, 0.15) is 0 Å². The summed E-state index contributed by atoms with van der Waals surface area (Å²) >= 11 is 0. The number of halogens is 2. The second-order valence-corrected chi connectivity index (χ2v) is 4.47. The van der Waals surface area contributed by atoms with Gasteiger partial charge in [0.2, 0.25) is 5.91 Å². The molecule has 0 aliphatic carbocycles. The second kappa shape index (κ2) is 11.7. The highest BCUT2D eigenvalue weighted by Crippen LogP contribution is 2.02. The van der Waals surface area contributed by atoms with Gasteiger partial charge in [-0.1, -0.05) is 0 Å². The van der Waals surface area contributed by atoms with E-state index in [9.17, 15) is 4.79 Å². The summed E-state index contributed by atoms with van der Waals surface area (Å²) in [6, 6.07) is 0. The van der Waals surface area contributed by atoms with Crippen LogP contribution in [0.25, 0.3) is 0 Å². The Labute approximate surface area is 129 Å². The van der Waals surface area contributed by atoms with Gasteiger partial charge in [0.25, 0.3) is 0 Å². The zero-order valence-corrected chi connectivity index (χ0v) is 13.6. The van der Waals surface area contributed by atoms with Gasteiger partial charge < -0.3 is 10.6 Å². The average Bonchev–Trinajstić information content (AvgIpc) is 2.33. The van der Waals surface area contributed by atoms with Crippen LogP contribution < -0.4 is 5.73 Å². The minimum Gasteiger partial charge on any atom is -0.342 e. The molecule has 2 N–H and O–H groups in total. The van der Waals surface area contributed by atoms with E-state index >= 15 is 0 Å². The topological polar surface area (TPSA) is 52.8 Å². The zero-order chi connectivity index (χ0) is 12.7. The SMILES string of the molecule is CCN(CC)C(=O)CN1CCN(CCN)CC1.Cl.Cl. The van der Waals surface area contributed by atoms with Crippen molar-refractivity contribution in [1.29, 1.82) is 0 Å². The maximum Gasteiger partial charge on any atom is 0.236 e. The Morgan fingerprint density at radius 1 is 1.05 bits per heavy atom. The summed E-state index contributed by atoms with van der Waals surface area (Å²) in [5.41, 5.74) is 5.53. The molecule has 0 unspecified atom stereocenters. The molecule has 0 aromatic rings. The van der Waals surface area contributed by atoms with Gasteiger partial charge in [-0.05, 0) is 13.8 Å². The van der Waals surface area contributed by atoms with Gasteiger partial charge in [-0.3, -0.25) is 14.6 Å². The molecular weight excluding hydrogens is 287 g/mol. The first kappa shape index (κ1) is 21.2. The van der Waals surface area contributed by atoms with Crippen molar-refractivity contribution in [2.75, 3.05) is 58.9 Å². The highest BCUT2D eigenvalue weighted by molar-refractivity contribution is 5.85. The summed E-state index contributed by atoms with van der Waals surface area (Å²) in [7, 11) is 0. The van der Waals surface area contributed by atoms with E-state index in [-0.39, 0.29) is 30.7 Å². The molecular formula is C12H28Cl2N4O. The summed E-state index contributed by atoms with van der Waals surface area (Å²) in [6.07, 6.45) is 0. The lowest BCUT2D eigenvalue weighted by Crippen LogP contribution is -2.50. The number of hydrogen-bond acceptors (Lipinski definition) is 4. The molecule has 1 amide bonds. The van der Waals surface area contributed by atoms with Gasteiger partial charge in [0, 0.05) is 52.4 Å². The number of hydrogen-bond donors (Lipinski definition) is 1. The number of piperazine rings is 1. The minimum absolute atomic E-state index is 0. The molecule has 0 spiro atoms. The van der Waals surface area contributed by atoms with E-state index in [1.54, 1.807) is 0 Å². The van der Waals surface area contributed by atoms with Crippen LogP contribution in [0.3, 0.4) is 0 Å². The fraction of sp³-hybridized carbons (Fsp3) is 0.917. The maximum absolute atomic E-state index is 11.9.